The zero-order valence-electron chi connectivity index (χ0n) is 11.2. The molecule has 0 saturated carbocycles. The minimum atomic E-state index is -4.72. The summed E-state index contributed by atoms with van der Waals surface area (Å²) < 4.78 is 38.1. The fourth-order valence-corrected chi connectivity index (χ4v) is 3.78. The van der Waals surface area contributed by atoms with E-state index in [1.807, 2.05) is 13.8 Å². The van der Waals surface area contributed by atoms with Crippen LogP contribution in [0.25, 0.3) is 10.2 Å². The van der Waals surface area contributed by atoms with Gasteiger partial charge in [0.2, 0.25) is 5.82 Å². The number of nitrogens with zero attached hydrogens (tertiary/aromatic N) is 1. The van der Waals surface area contributed by atoms with Gasteiger partial charge in [-0.2, -0.15) is 13.2 Å². The fourth-order valence-electron chi connectivity index (χ4n) is 2.65. The van der Waals surface area contributed by atoms with Gasteiger partial charge in [-0.05, 0) is 17.4 Å². The van der Waals surface area contributed by atoms with Crippen LogP contribution in [0.5, 0.6) is 0 Å². The van der Waals surface area contributed by atoms with Crippen molar-refractivity contribution < 1.29 is 18.0 Å². The van der Waals surface area contributed by atoms with E-state index in [4.69, 9.17) is 0 Å². The minimum Gasteiger partial charge on any atom is -0.302 e. The largest absolute Gasteiger partial charge is 0.449 e. The van der Waals surface area contributed by atoms with E-state index in [1.54, 1.807) is 4.98 Å². The van der Waals surface area contributed by atoms with Gasteiger partial charge >= 0.3 is 6.18 Å². The van der Waals surface area contributed by atoms with Gasteiger partial charge in [0, 0.05) is 6.42 Å². The number of hydrogen-bond acceptors (Lipinski definition) is 4. The highest BCUT2D eigenvalue weighted by Gasteiger charge is 2.38. The molecule has 3 rings (SSSR count). The highest BCUT2D eigenvalue weighted by Crippen LogP contribution is 2.41. The van der Waals surface area contributed by atoms with Crippen molar-refractivity contribution in [3.63, 3.8) is 0 Å². The Labute approximate surface area is 121 Å². The van der Waals surface area contributed by atoms with E-state index in [0.717, 1.165) is 11.3 Å². The normalized spacial score (nSPS) is 18.0. The van der Waals surface area contributed by atoms with Crippen LogP contribution in [0.4, 0.5) is 13.2 Å². The summed E-state index contributed by atoms with van der Waals surface area (Å²) >= 11 is 0.872. The van der Waals surface area contributed by atoms with Crippen LogP contribution < -0.4 is 5.56 Å². The second kappa shape index (κ2) is 4.16. The van der Waals surface area contributed by atoms with Gasteiger partial charge in [-0.3, -0.25) is 9.59 Å². The predicted molar refractivity (Wildman–Crippen MR) is 71.7 cm³/mol. The Hall–Kier alpha value is -1.70. The number of nitrogens with one attached hydrogen (secondary N) is 1. The molecule has 2 heterocycles. The summed E-state index contributed by atoms with van der Waals surface area (Å²) in [6, 6.07) is 0. The molecule has 1 aliphatic rings. The van der Waals surface area contributed by atoms with Crippen LogP contribution >= 0.6 is 11.3 Å². The molecule has 0 spiro atoms. The Morgan fingerprint density at radius 1 is 1.24 bits per heavy atom. The Kier molecular flexibility index (Phi) is 2.82. The Balaban J connectivity index is 2.32. The van der Waals surface area contributed by atoms with Gasteiger partial charge in [-0.15, -0.1) is 11.3 Å². The van der Waals surface area contributed by atoms with Crippen LogP contribution in [0.3, 0.4) is 0 Å². The summed E-state index contributed by atoms with van der Waals surface area (Å²) in [5.41, 5.74) is -0.623. The molecule has 0 aliphatic heterocycles. The van der Waals surface area contributed by atoms with Crippen LogP contribution in [0.1, 0.15) is 41.3 Å². The average molecular weight is 316 g/mol. The molecule has 1 aliphatic carbocycles. The van der Waals surface area contributed by atoms with Gasteiger partial charge in [-0.25, -0.2) is 4.98 Å². The molecule has 0 radical (unpaired) electrons. The number of halogens is 3. The number of ketones is 1. The summed E-state index contributed by atoms with van der Waals surface area (Å²) in [4.78, 5) is 29.7. The van der Waals surface area contributed by atoms with E-state index < -0.39 is 17.6 Å². The first-order chi connectivity index (χ1) is 9.58. The molecule has 8 heteroatoms. The average Bonchev–Trinajstić information content (AvgIpc) is 2.65. The maximum absolute atomic E-state index is 12.7. The lowest BCUT2D eigenvalue weighted by molar-refractivity contribution is -0.144. The first-order valence-corrected chi connectivity index (χ1v) is 7.06. The van der Waals surface area contributed by atoms with Crippen LogP contribution in [-0.2, 0) is 12.6 Å². The molecule has 0 fully saturated rings. The summed E-state index contributed by atoms with van der Waals surface area (Å²) in [5.74, 6) is -1.47. The molecule has 0 atom stereocenters. The number of alkyl halides is 3. The number of aromatic nitrogens is 2. The second-order valence-electron chi connectivity index (χ2n) is 5.94. The third kappa shape index (κ3) is 2.27. The molecule has 4 nitrogen and oxygen atoms in total. The van der Waals surface area contributed by atoms with Crippen molar-refractivity contribution >= 4 is 27.3 Å². The lowest BCUT2D eigenvalue weighted by Crippen LogP contribution is -2.26. The topological polar surface area (TPSA) is 62.8 Å². The summed E-state index contributed by atoms with van der Waals surface area (Å²) in [5, 5.41) is 0.115. The predicted octanol–water partition coefficient (Wildman–Crippen LogP) is 3.16. The molecular formula is C13H11F3N2O2S. The molecule has 2 aromatic heterocycles. The van der Waals surface area contributed by atoms with Crippen molar-refractivity contribution in [2.24, 2.45) is 5.41 Å². The molecule has 0 saturated heterocycles. The molecule has 112 valence electrons. The summed E-state index contributed by atoms with van der Waals surface area (Å²) in [6.45, 7) is 3.78. The van der Waals surface area contributed by atoms with E-state index in [-0.39, 0.29) is 21.4 Å². The number of fused-ring (bicyclic) bond motifs is 3. The number of Topliss-reactive ketones (excluding diaryl/α,β-unsaturated/α-hetero) is 1. The van der Waals surface area contributed by atoms with Crippen molar-refractivity contribution in [2.45, 2.75) is 32.9 Å². The van der Waals surface area contributed by atoms with Crippen LogP contribution in [0.2, 0.25) is 0 Å². The maximum atomic E-state index is 12.7. The van der Waals surface area contributed by atoms with Crippen LogP contribution in [0.15, 0.2) is 4.79 Å². The van der Waals surface area contributed by atoms with E-state index in [9.17, 15) is 22.8 Å². The SMILES string of the molecule is CC1(C)CC(=O)c2sc3nc(C(F)(F)F)[nH]c(=O)c3c2C1. The number of carbonyl (C=O) groups excluding carboxylic acids is 1. The molecule has 21 heavy (non-hydrogen) atoms. The molecular weight excluding hydrogens is 305 g/mol. The molecule has 0 aromatic carbocycles. The Bertz CT molecular complexity index is 817. The van der Waals surface area contributed by atoms with E-state index >= 15 is 0 Å². The quantitative estimate of drug-likeness (QED) is 0.812. The Morgan fingerprint density at radius 3 is 2.52 bits per heavy atom. The van der Waals surface area contributed by atoms with Crippen molar-refractivity contribution in [2.75, 3.05) is 0 Å². The van der Waals surface area contributed by atoms with Crippen molar-refractivity contribution in [1.29, 1.82) is 0 Å². The number of hydrogen-bond donors (Lipinski definition) is 1. The van der Waals surface area contributed by atoms with Crippen LogP contribution in [-0.4, -0.2) is 15.8 Å². The number of rotatable bonds is 0. The van der Waals surface area contributed by atoms with Gasteiger partial charge in [0.15, 0.2) is 5.78 Å². The van der Waals surface area contributed by atoms with E-state index in [0.29, 0.717) is 23.3 Å². The van der Waals surface area contributed by atoms with Crippen LogP contribution in [0, 0.1) is 5.41 Å². The number of aromatic amines is 1. The third-order valence-corrected chi connectivity index (χ3v) is 4.64. The molecule has 1 N–H and O–H groups in total. The van der Waals surface area contributed by atoms with Gasteiger partial charge < -0.3 is 4.98 Å². The third-order valence-electron chi connectivity index (χ3n) is 3.48. The maximum Gasteiger partial charge on any atom is 0.449 e. The standard InChI is InChI=1S/C13H11F3N2O2S/c1-12(2)3-5-7-9(20)17-11(13(14,15)16)18-10(7)21-8(5)6(19)4-12/h3-4H2,1-2H3,(H,17,18,20). The first kappa shape index (κ1) is 14.2. The van der Waals surface area contributed by atoms with Gasteiger partial charge in [0.05, 0.1) is 10.3 Å². The Morgan fingerprint density at radius 2 is 1.90 bits per heavy atom. The number of thiophene rings is 1. The first-order valence-electron chi connectivity index (χ1n) is 6.24. The minimum absolute atomic E-state index is 0.0258. The summed E-state index contributed by atoms with van der Waals surface area (Å²) in [7, 11) is 0. The van der Waals surface area contributed by atoms with E-state index in [1.165, 1.54) is 0 Å². The zero-order valence-corrected chi connectivity index (χ0v) is 12.0. The van der Waals surface area contributed by atoms with Crippen molar-refractivity contribution in [3.05, 3.63) is 26.6 Å². The van der Waals surface area contributed by atoms with Gasteiger partial charge in [0.1, 0.15) is 4.83 Å². The highest BCUT2D eigenvalue weighted by atomic mass is 32.1. The number of carbonyl (C=O) groups is 1. The van der Waals surface area contributed by atoms with Crippen molar-refractivity contribution in [1.82, 2.24) is 9.97 Å². The second-order valence-corrected chi connectivity index (χ2v) is 6.94. The van der Waals surface area contributed by atoms with Crippen molar-refractivity contribution in [3.8, 4) is 0 Å². The molecule has 0 unspecified atom stereocenters. The monoisotopic (exact) mass is 316 g/mol. The zero-order chi connectivity index (χ0) is 15.6. The fraction of sp³-hybridized carbons (Fsp3) is 0.462. The molecule has 0 bridgehead atoms. The lowest BCUT2D eigenvalue weighted by atomic mass is 9.76. The van der Waals surface area contributed by atoms with Gasteiger partial charge in [0.25, 0.3) is 5.56 Å². The molecule has 2 aromatic rings. The molecule has 0 amide bonds. The number of H-pyrrole nitrogens is 1. The highest BCUT2D eigenvalue weighted by molar-refractivity contribution is 7.20. The smallest absolute Gasteiger partial charge is 0.302 e. The van der Waals surface area contributed by atoms with E-state index in [2.05, 4.69) is 4.98 Å². The summed E-state index contributed by atoms with van der Waals surface area (Å²) in [6.07, 6.45) is -3.93. The lowest BCUT2D eigenvalue weighted by Gasteiger charge is -2.28. The van der Waals surface area contributed by atoms with Gasteiger partial charge in [-0.1, -0.05) is 13.8 Å².